The van der Waals surface area contributed by atoms with Gasteiger partial charge >= 0.3 is 6.18 Å². The van der Waals surface area contributed by atoms with Crippen molar-refractivity contribution in [1.82, 2.24) is 5.32 Å². The lowest BCUT2D eigenvalue weighted by atomic mass is 10.1. The second-order valence-electron chi connectivity index (χ2n) is 6.02. The van der Waals surface area contributed by atoms with Crippen LogP contribution in [0.5, 0.6) is 5.75 Å². The van der Waals surface area contributed by atoms with Gasteiger partial charge in [0.25, 0.3) is 0 Å². The van der Waals surface area contributed by atoms with E-state index in [1.54, 1.807) is 6.92 Å². The fourth-order valence-electron chi connectivity index (χ4n) is 2.45. The molecule has 1 aliphatic rings. The molecule has 0 bridgehead atoms. The van der Waals surface area contributed by atoms with E-state index in [1.165, 1.54) is 25.3 Å². The van der Waals surface area contributed by atoms with Gasteiger partial charge in [0, 0.05) is 0 Å². The zero-order valence-electron chi connectivity index (χ0n) is 14.6. The van der Waals surface area contributed by atoms with Crippen LogP contribution in [0, 0.1) is 6.92 Å². The van der Waals surface area contributed by atoms with Gasteiger partial charge < -0.3 is 10.1 Å². The molecule has 6 heteroatoms. The van der Waals surface area contributed by atoms with Crippen molar-refractivity contribution < 1.29 is 17.9 Å². The zero-order chi connectivity index (χ0) is 18.2. The van der Waals surface area contributed by atoms with E-state index in [1.807, 2.05) is 0 Å². The minimum absolute atomic E-state index is 0.0350. The minimum atomic E-state index is -4.44. The molecule has 0 radical (unpaired) electrons. The maximum absolute atomic E-state index is 12.7. The molecule has 138 valence electrons. The lowest BCUT2D eigenvalue weighted by Gasteiger charge is -2.25. The number of unbranched alkanes of at least 4 members (excludes halogenated alkanes) is 2. The normalized spacial score (nSPS) is 15.6. The van der Waals surface area contributed by atoms with Crippen molar-refractivity contribution in [3.8, 4) is 5.75 Å². The summed E-state index contributed by atoms with van der Waals surface area (Å²) in [7, 11) is 0. The molecule has 1 heterocycles. The second-order valence-corrected chi connectivity index (χ2v) is 6.42. The Morgan fingerprint density at radius 2 is 1.75 bits per heavy atom. The van der Waals surface area contributed by atoms with E-state index in [-0.39, 0.29) is 11.1 Å². The Morgan fingerprint density at radius 3 is 2.21 bits per heavy atom. The van der Waals surface area contributed by atoms with Crippen LogP contribution in [0.4, 0.5) is 13.2 Å². The van der Waals surface area contributed by atoms with Crippen LogP contribution < -0.4 is 10.1 Å². The van der Waals surface area contributed by atoms with Gasteiger partial charge in [-0.25, -0.2) is 0 Å². The first-order chi connectivity index (χ1) is 11.3. The Labute approximate surface area is 147 Å². The highest BCUT2D eigenvalue weighted by Crippen LogP contribution is 2.38. The average molecular weight is 366 g/mol. The molecule has 2 rings (SSSR count). The largest absolute Gasteiger partial charge is 0.490 e. The van der Waals surface area contributed by atoms with Crippen LogP contribution in [0.2, 0.25) is 5.02 Å². The lowest BCUT2D eigenvalue weighted by molar-refractivity contribution is -0.137. The summed E-state index contributed by atoms with van der Waals surface area (Å²) >= 11 is 5.69. The van der Waals surface area contributed by atoms with Crippen molar-refractivity contribution in [3.63, 3.8) is 0 Å². The number of benzene rings is 1. The van der Waals surface area contributed by atoms with Crippen LogP contribution in [0.3, 0.4) is 0 Å². The van der Waals surface area contributed by atoms with Gasteiger partial charge in [0.15, 0.2) is 0 Å². The second kappa shape index (κ2) is 10.1. The average Bonchev–Trinajstić information content (AvgIpc) is 2.52. The summed E-state index contributed by atoms with van der Waals surface area (Å²) in [6.07, 6.45) is 1.37. The smallest absolute Gasteiger partial charge is 0.417 e. The summed E-state index contributed by atoms with van der Waals surface area (Å²) < 4.78 is 43.8. The highest BCUT2D eigenvalue weighted by Gasteiger charge is 2.34. The molecule has 0 saturated carbocycles. The Balaban J connectivity index is 0.000000505. The van der Waals surface area contributed by atoms with Gasteiger partial charge in [-0.3, -0.25) is 0 Å². The Hall–Kier alpha value is -0.940. The van der Waals surface area contributed by atoms with Gasteiger partial charge in [-0.1, -0.05) is 44.7 Å². The number of alkyl halides is 3. The molecule has 0 aromatic heterocycles. The maximum Gasteiger partial charge on any atom is 0.417 e. The number of piperidine rings is 1. The molecular formula is C18H27ClF3NO. The summed E-state index contributed by atoms with van der Waals surface area (Å²) in [6, 6.07) is 2.31. The molecule has 0 unspecified atom stereocenters. The van der Waals surface area contributed by atoms with E-state index in [4.69, 9.17) is 16.3 Å². The summed E-state index contributed by atoms with van der Waals surface area (Å²) in [5, 5.41) is 2.88. The fourth-order valence-corrected chi connectivity index (χ4v) is 2.71. The minimum Gasteiger partial charge on any atom is -0.490 e. The van der Waals surface area contributed by atoms with E-state index in [9.17, 15) is 13.2 Å². The molecular weight excluding hydrogens is 339 g/mol. The van der Waals surface area contributed by atoms with E-state index < -0.39 is 11.7 Å². The molecule has 1 fully saturated rings. The van der Waals surface area contributed by atoms with Crippen LogP contribution in [-0.2, 0) is 6.18 Å². The third-order valence-corrected chi connectivity index (χ3v) is 4.17. The van der Waals surface area contributed by atoms with Crippen molar-refractivity contribution in [3.05, 3.63) is 28.3 Å². The molecule has 24 heavy (non-hydrogen) atoms. The van der Waals surface area contributed by atoms with Crippen molar-refractivity contribution in [2.45, 2.75) is 65.2 Å². The third-order valence-electron chi connectivity index (χ3n) is 3.86. The monoisotopic (exact) mass is 365 g/mol. The molecule has 0 aliphatic carbocycles. The van der Waals surface area contributed by atoms with Crippen LogP contribution >= 0.6 is 11.6 Å². The van der Waals surface area contributed by atoms with E-state index >= 15 is 0 Å². The number of halogens is 4. The first kappa shape index (κ1) is 21.1. The molecule has 0 atom stereocenters. The number of aryl methyl sites for hydroxylation is 1. The number of hydrogen-bond donors (Lipinski definition) is 1. The summed E-state index contributed by atoms with van der Waals surface area (Å²) in [5.74, 6) is 0.435. The quantitative estimate of drug-likeness (QED) is 0.707. The molecule has 1 aliphatic heterocycles. The van der Waals surface area contributed by atoms with Gasteiger partial charge in [-0.05, 0) is 50.6 Å². The van der Waals surface area contributed by atoms with Gasteiger partial charge in [0.1, 0.15) is 11.9 Å². The van der Waals surface area contributed by atoms with Gasteiger partial charge in [-0.15, -0.1) is 0 Å². The topological polar surface area (TPSA) is 21.3 Å². The number of hydrogen-bond acceptors (Lipinski definition) is 2. The Bertz CT molecular complexity index is 498. The van der Waals surface area contributed by atoms with E-state index in [2.05, 4.69) is 19.2 Å². The third kappa shape index (κ3) is 6.89. The summed E-state index contributed by atoms with van der Waals surface area (Å²) in [5.41, 5.74) is -0.361. The SMILES string of the molecule is CCCCC.Cc1cc(C(F)(F)F)c(Cl)cc1OC1CCNCC1. The zero-order valence-corrected chi connectivity index (χ0v) is 15.4. The molecule has 2 nitrogen and oxygen atoms in total. The predicted molar refractivity (Wildman–Crippen MR) is 92.9 cm³/mol. The van der Waals surface area contributed by atoms with E-state index in [0.29, 0.717) is 11.3 Å². The van der Waals surface area contributed by atoms with Crippen LogP contribution in [-0.4, -0.2) is 19.2 Å². The lowest BCUT2D eigenvalue weighted by Crippen LogP contribution is -2.34. The van der Waals surface area contributed by atoms with Crippen LogP contribution in [0.25, 0.3) is 0 Å². The molecule has 1 N–H and O–H groups in total. The van der Waals surface area contributed by atoms with Crippen LogP contribution in [0.15, 0.2) is 12.1 Å². The molecule has 0 spiro atoms. The molecule has 1 aromatic carbocycles. The Morgan fingerprint density at radius 1 is 1.17 bits per heavy atom. The Kier molecular flexibility index (Phi) is 8.92. The van der Waals surface area contributed by atoms with Gasteiger partial charge in [-0.2, -0.15) is 13.2 Å². The van der Waals surface area contributed by atoms with Crippen molar-refractivity contribution >= 4 is 11.6 Å². The highest BCUT2D eigenvalue weighted by atomic mass is 35.5. The fraction of sp³-hybridized carbons (Fsp3) is 0.667. The number of nitrogens with one attached hydrogen (secondary N) is 1. The maximum atomic E-state index is 12.7. The molecule has 0 amide bonds. The number of ether oxygens (including phenoxy) is 1. The van der Waals surface area contributed by atoms with Crippen LogP contribution in [0.1, 0.15) is 57.1 Å². The van der Waals surface area contributed by atoms with Gasteiger partial charge in [0.2, 0.25) is 0 Å². The number of rotatable bonds is 4. The van der Waals surface area contributed by atoms with Gasteiger partial charge in [0.05, 0.1) is 10.6 Å². The first-order valence-electron chi connectivity index (χ1n) is 8.54. The standard InChI is InChI=1S/C13H15ClF3NO.C5H12/c1-8-6-10(13(15,16)17)11(14)7-12(8)19-9-2-4-18-5-3-9;1-3-5-4-2/h6-7,9,18H,2-5H2,1H3;3-5H2,1-2H3. The van der Waals surface area contributed by atoms with Crippen molar-refractivity contribution in [1.29, 1.82) is 0 Å². The van der Waals surface area contributed by atoms with Crippen molar-refractivity contribution in [2.75, 3.05) is 13.1 Å². The summed E-state index contributed by atoms with van der Waals surface area (Å²) in [4.78, 5) is 0. The van der Waals surface area contributed by atoms with Crippen molar-refractivity contribution in [2.24, 2.45) is 0 Å². The van der Waals surface area contributed by atoms with E-state index in [0.717, 1.165) is 32.0 Å². The molecule has 1 saturated heterocycles. The highest BCUT2D eigenvalue weighted by molar-refractivity contribution is 6.31. The predicted octanol–water partition coefficient (Wildman–Crippen LogP) is 5.99. The summed E-state index contributed by atoms with van der Waals surface area (Å²) in [6.45, 7) is 7.74. The molecule has 1 aromatic rings. The first-order valence-corrected chi connectivity index (χ1v) is 8.92.